The van der Waals surface area contributed by atoms with E-state index in [9.17, 15) is 4.79 Å². The molecule has 0 aliphatic rings. The molecule has 0 heterocycles. The molecular weight excluding hydrogens is 309 g/mol. The SMILES string of the molecule is CC(=O)Nc1ccc(C=NNc2ccc(Cl)c(Cl)c2)cc1. The van der Waals surface area contributed by atoms with E-state index < -0.39 is 0 Å². The molecule has 2 aromatic rings. The summed E-state index contributed by atoms with van der Waals surface area (Å²) in [6.45, 7) is 1.47. The topological polar surface area (TPSA) is 53.5 Å². The van der Waals surface area contributed by atoms with E-state index in [0.717, 1.165) is 16.9 Å². The first-order valence-corrected chi connectivity index (χ1v) is 6.92. The number of hydrogen-bond donors (Lipinski definition) is 2. The lowest BCUT2D eigenvalue weighted by molar-refractivity contribution is -0.114. The maximum Gasteiger partial charge on any atom is 0.221 e. The average molecular weight is 322 g/mol. The van der Waals surface area contributed by atoms with Gasteiger partial charge in [0.05, 0.1) is 21.9 Å². The van der Waals surface area contributed by atoms with Gasteiger partial charge in [0.1, 0.15) is 0 Å². The van der Waals surface area contributed by atoms with Gasteiger partial charge < -0.3 is 5.32 Å². The van der Waals surface area contributed by atoms with E-state index in [1.807, 2.05) is 24.3 Å². The lowest BCUT2D eigenvalue weighted by Crippen LogP contribution is -2.05. The lowest BCUT2D eigenvalue weighted by atomic mass is 10.2. The molecule has 0 fully saturated rings. The van der Waals surface area contributed by atoms with E-state index in [0.29, 0.717) is 10.0 Å². The Bertz CT molecular complexity index is 669. The maximum absolute atomic E-state index is 10.9. The van der Waals surface area contributed by atoms with Gasteiger partial charge in [0.2, 0.25) is 5.91 Å². The number of benzene rings is 2. The van der Waals surface area contributed by atoms with Crippen molar-refractivity contribution in [3.63, 3.8) is 0 Å². The third-order valence-electron chi connectivity index (χ3n) is 2.56. The molecular formula is C15H13Cl2N3O. The van der Waals surface area contributed by atoms with Crippen LogP contribution in [0.15, 0.2) is 47.6 Å². The summed E-state index contributed by atoms with van der Waals surface area (Å²) < 4.78 is 0. The van der Waals surface area contributed by atoms with Gasteiger partial charge in [-0.05, 0) is 35.9 Å². The van der Waals surface area contributed by atoms with Crippen molar-refractivity contribution < 1.29 is 4.79 Å². The van der Waals surface area contributed by atoms with Gasteiger partial charge in [-0.3, -0.25) is 10.2 Å². The zero-order chi connectivity index (χ0) is 15.2. The van der Waals surface area contributed by atoms with Gasteiger partial charge in [0.25, 0.3) is 0 Å². The van der Waals surface area contributed by atoms with Crippen molar-refractivity contribution in [1.29, 1.82) is 0 Å². The Morgan fingerprint density at radius 1 is 1.05 bits per heavy atom. The molecule has 21 heavy (non-hydrogen) atoms. The number of carbonyl (C=O) groups excluding carboxylic acids is 1. The fourth-order valence-electron chi connectivity index (χ4n) is 1.60. The number of rotatable bonds is 4. The van der Waals surface area contributed by atoms with E-state index in [4.69, 9.17) is 23.2 Å². The van der Waals surface area contributed by atoms with Crippen molar-refractivity contribution in [2.24, 2.45) is 5.10 Å². The van der Waals surface area contributed by atoms with Gasteiger partial charge in [0.15, 0.2) is 0 Å². The molecule has 0 bridgehead atoms. The summed E-state index contributed by atoms with van der Waals surface area (Å²) >= 11 is 11.7. The minimum Gasteiger partial charge on any atom is -0.326 e. The summed E-state index contributed by atoms with van der Waals surface area (Å²) in [6.07, 6.45) is 1.67. The van der Waals surface area contributed by atoms with E-state index in [2.05, 4.69) is 15.8 Å². The van der Waals surface area contributed by atoms with Crippen molar-refractivity contribution in [3.05, 3.63) is 58.1 Å². The van der Waals surface area contributed by atoms with Gasteiger partial charge in [-0.1, -0.05) is 35.3 Å². The Morgan fingerprint density at radius 3 is 2.33 bits per heavy atom. The number of halogens is 2. The van der Waals surface area contributed by atoms with E-state index in [1.54, 1.807) is 24.4 Å². The van der Waals surface area contributed by atoms with Crippen molar-refractivity contribution in [2.75, 3.05) is 10.7 Å². The maximum atomic E-state index is 10.9. The Labute approximate surface area is 132 Å². The minimum absolute atomic E-state index is 0.0994. The molecule has 0 saturated heterocycles. The van der Waals surface area contributed by atoms with Crippen LogP contribution in [-0.2, 0) is 4.79 Å². The van der Waals surface area contributed by atoms with Crippen molar-refractivity contribution >= 4 is 46.7 Å². The zero-order valence-corrected chi connectivity index (χ0v) is 12.7. The lowest BCUT2D eigenvalue weighted by Gasteiger charge is -2.03. The van der Waals surface area contributed by atoms with Crippen molar-refractivity contribution in [2.45, 2.75) is 6.92 Å². The molecule has 2 aromatic carbocycles. The molecule has 4 nitrogen and oxygen atoms in total. The van der Waals surface area contributed by atoms with Crippen LogP contribution in [-0.4, -0.2) is 12.1 Å². The first kappa shape index (κ1) is 15.4. The molecule has 0 aliphatic carbocycles. The molecule has 2 N–H and O–H groups in total. The molecule has 0 saturated carbocycles. The van der Waals surface area contributed by atoms with Crippen LogP contribution in [0.25, 0.3) is 0 Å². The molecule has 108 valence electrons. The summed E-state index contributed by atoms with van der Waals surface area (Å²) in [7, 11) is 0. The Morgan fingerprint density at radius 2 is 1.71 bits per heavy atom. The second kappa shape index (κ2) is 7.11. The number of nitrogens with one attached hydrogen (secondary N) is 2. The van der Waals surface area contributed by atoms with Gasteiger partial charge in [0, 0.05) is 12.6 Å². The van der Waals surface area contributed by atoms with Gasteiger partial charge in [-0.25, -0.2) is 0 Å². The molecule has 0 aliphatic heterocycles. The Kier molecular flexibility index (Phi) is 5.20. The number of nitrogens with zero attached hydrogens (tertiary/aromatic N) is 1. The fourth-order valence-corrected chi connectivity index (χ4v) is 1.90. The first-order chi connectivity index (χ1) is 10.0. The molecule has 0 atom stereocenters. The molecule has 0 unspecified atom stereocenters. The second-order valence-corrected chi connectivity index (χ2v) is 5.12. The normalized spacial score (nSPS) is 10.6. The number of amides is 1. The zero-order valence-electron chi connectivity index (χ0n) is 11.2. The van der Waals surface area contributed by atoms with Gasteiger partial charge in [-0.15, -0.1) is 0 Å². The van der Waals surface area contributed by atoms with Crippen LogP contribution < -0.4 is 10.7 Å². The van der Waals surface area contributed by atoms with Crippen LogP contribution in [0.3, 0.4) is 0 Å². The summed E-state index contributed by atoms with van der Waals surface area (Å²) in [6, 6.07) is 12.5. The monoisotopic (exact) mass is 321 g/mol. The predicted octanol–water partition coefficient (Wildman–Crippen LogP) is 4.40. The molecule has 6 heteroatoms. The second-order valence-electron chi connectivity index (χ2n) is 4.30. The van der Waals surface area contributed by atoms with Crippen molar-refractivity contribution in [1.82, 2.24) is 0 Å². The van der Waals surface area contributed by atoms with E-state index in [-0.39, 0.29) is 5.91 Å². The van der Waals surface area contributed by atoms with Gasteiger partial charge in [-0.2, -0.15) is 5.10 Å². The molecule has 2 rings (SSSR count). The third kappa shape index (κ3) is 4.77. The average Bonchev–Trinajstić information content (AvgIpc) is 2.44. The summed E-state index contributed by atoms with van der Waals surface area (Å²) in [4.78, 5) is 10.9. The van der Waals surface area contributed by atoms with Gasteiger partial charge >= 0.3 is 0 Å². The van der Waals surface area contributed by atoms with Crippen LogP contribution in [0, 0.1) is 0 Å². The summed E-state index contributed by atoms with van der Waals surface area (Å²) in [5.74, 6) is -0.0994. The molecule has 1 amide bonds. The predicted molar refractivity (Wildman–Crippen MR) is 88.4 cm³/mol. The van der Waals surface area contributed by atoms with Crippen LogP contribution in [0.2, 0.25) is 10.0 Å². The highest BCUT2D eigenvalue weighted by atomic mass is 35.5. The largest absolute Gasteiger partial charge is 0.326 e. The standard InChI is InChI=1S/C15H13Cl2N3O/c1-10(21)19-12-4-2-11(3-5-12)9-18-20-13-6-7-14(16)15(17)8-13/h2-9,20H,1H3,(H,19,21). The Balaban J connectivity index is 1.97. The third-order valence-corrected chi connectivity index (χ3v) is 3.30. The molecule has 0 spiro atoms. The number of hydrogen-bond acceptors (Lipinski definition) is 3. The van der Waals surface area contributed by atoms with Crippen molar-refractivity contribution in [3.8, 4) is 0 Å². The highest BCUT2D eigenvalue weighted by Gasteiger charge is 1.98. The number of anilines is 2. The van der Waals surface area contributed by atoms with E-state index in [1.165, 1.54) is 6.92 Å². The minimum atomic E-state index is -0.0994. The fraction of sp³-hybridized carbons (Fsp3) is 0.0667. The van der Waals surface area contributed by atoms with Crippen LogP contribution in [0.1, 0.15) is 12.5 Å². The number of hydrazone groups is 1. The van der Waals surface area contributed by atoms with Crippen LogP contribution in [0.4, 0.5) is 11.4 Å². The first-order valence-electron chi connectivity index (χ1n) is 6.16. The number of carbonyl (C=O) groups is 1. The smallest absolute Gasteiger partial charge is 0.221 e. The Hall–Kier alpha value is -2.04. The summed E-state index contributed by atoms with van der Waals surface area (Å²) in [5, 5.41) is 7.78. The highest BCUT2D eigenvalue weighted by Crippen LogP contribution is 2.24. The highest BCUT2D eigenvalue weighted by molar-refractivity contribution is 6.42. The van der Waals surface area contributed by atoms with E-state index >= 15 is 0 Å². The molecule has 0 aromatic heterocycles. The van der Waals surface area contributed by atoms with Crippen LogP contribution >= 0.6 is 23.2 Å². The van der Waals surface area contributed by atoms with Crippen LogP contribution in [0.5, 0.6) is 0 Å². The molecule has 0 radical (unpaired) electrons. The quantitative estimate of drug-likeness (QED) is 0.647. The summed E-state index contributed by atoms with van der Waals surface area (Å²) in [5.41, 5.74) is 5.26.